The number of amides is 1. The topological polar surface area (TPSA) is 112 Å². The predicted molar refractivity (Wildman–Crippen MR) is 108 cm³/mol. The van der Waals surface area contributed by atoms with Crippen LogP contribution in [-0.2, 0) is 4.79 Å². The largest absolute Gasteiger partial charge is 0.507 e. The number of hydrogen-bond donors (Lipinski definition) is 4. The van der Waals surface area contributed by atoms with Gasteiger partial charge in [-0.2, -0.15) is 0 Å². The van der Waals surface area contributed by atoms with Crippen molar-refractivity contribution in [2.75, 3.05) is 32.4 Å². The van der Waals surface area contributed by atoms with Gasteiger partial charge in [0.1, 0.15) is 11.6 Å². The van der Waals surface area contributed by atoms with Crippen LogP contribution in [0.5, 0.6) is 5.75 Å². The number of likely N-dealkylation sites (N-methyl/N-ethyl adjacent to an activating group) is 1. The van der Waals surface area contributed by atoms with Crippen LogP contribution >= 0.6 is 0 Å². The van der Waals surface area contributed by atoms with Gasteiger partial charge in [-0.1, -0.05) is 18.7 Å². The average Bonchev–Trinajstić information content (AvgIpc) is 3.02. The summed E-state index contributed by atoms with van der Waals surface area (Å²) in [5.41, 5.74) is 14.9. The molecular formula is C20H25N5O2. The molecule has 7 heteroatoms. The molecule has 0 aliphatic carbocycles. The highest BCUT2D eigenvalue weighted by molar-refractivity contribution is 5.87. The number of piperazine rings is 1. The van der Waals surface area contributed by atoms with Crippen LogP contribution in [0.3, 0.4) is 0 Å². The summed E-state index contributed by atoms with van der Waals surface area (Å²) in [7, 11) is 2.02. The summed E-state index contributed by atoms with van der Waals surface area (Å²) in [4.78, 5) is 19.1. The van der Waals surface area contributed by atoms with Crippen molar-refractivity contribution in [2.24, 2.45) is 5.73 Å². The maximum absolute atomic E-state index is 12.0. The zero-order valence-electron chi connectivity index (χ0n) is 15.4. The molecule has 3 rings (SSSR count). The number of benzene rings is 1. The Kier molecular flexibility index (Phi) is 5.23. The van der Waals surface area contributed by atoms with Gasteiger partial charge in [-0.15, -0.1) is 0 Å². The smallest absolute Gasteiger partial charge is 0.246 e. The molecule has 1 aromatic carbocycles. The highest BCUT2D eigenvalue weighted by Gasteiger charge is 2.28. The van der Waals surface area contributed by atoms with E-state index in [0.717, 1.165) is 17.8 Å². The molecular weight excluding hydrogens is 342 g/mol. The van der Waals surface area contributed by atoms with Gasteiger partial charge in [-0.3, -0.25) is 9.69 Å². The van der Waals surface area contributed by atoms with Crippen molar-refractivity contribution < 1.29 is 9.90 Å². The van der Waals surface area contributed by atoms with Crippen molar-refractivity contribution >= 4 is 23.5 Å². The molecule has 27 heavy (non-hydrogen) atoms. The number of rotatable bonds is 4. The van der Waals surface area contributed by atoms with Crippen LogP contribution in [-0.4, -0.2) is 52.5 Å². The SMILES string of the molecule is C=CC(=O)N1CCN(C)C(c2cc(/C=C(\N)c3ccccc3O)c(N)[nH]2)C1. The van der Waals surface area contributed by atoms with E-state index in [4.69, 9.17) is 11.5 Å². The molecule has 1 aromatic heterocycles. The monoisotopic (exact) mass is 367 g/mol. The molecule has 6 N–H and O–H groups in total. The number of phenolic OH excluding ortho intramolecular Hbond substituents is 1. The number of anilines is 1. The van der Waals surface area contributed by atoms with Crippen LogP contribution in [0.25, 0.3) is 11.8 Å². The Morgan fingerprint density at radius 2 is 2.11 bits per heavy atom. The quantitative estimate of drug-likeness (QED) is 0.615. The minimum atomic E-state index is -0.0726. The minimum absolute atomic E-state index is 0.00143. The molecule has 1 unspecified atom stereocenters. The van der Waals surface area contributed by atoms with E-state index >= 15 is 0 Å². The maximum atomic E-state index is 12.0. The summed E-state index contributed by atoms with van der Waals surface area (Å²) >= 11 is 0. The lowest BCUT2D eigenvalue weighted by Crippen LogP contribution is -2.48. The van der Waals surface area contributed by atoms with Crippen molar-refractivity contribution in [2.45, 2.75) is 6.04 Å². The lowest BCUT2D eigenvalue weighted by atomic mass is 10.1. The third-order valence-electron chi connectivity index (χ3n) is 4.92. The minimum Gasteiger partial charge on any atom is -0.507 e. The Morgan fingerprint density at radius 1 is 1.37 bits per heavy atom. The number of nitrogen functional groups attached to an aromatic ring is 1. The molecule has 2 heterocycles. The van der Waals surface area contributed by atoms with E-state index in [1.807, 2.05) is 19.2 Å². The zero-order valence-corrected chi connectivity index (χ0v) is 15.4. The van der Waals surface area contributed by atoms with Crippen molar-refractivity contribution in [3.8, 4) is 5.75 Å². The molecule has 7 nitrogen and oxygen atoms in total. The van der Waals surface area contributed by atoms with Gasteiger partial charge >= 0.3 is 0 Å². The van der Waals surface area contributed by atoms with E-state index in [1.165, 1.54) is 6.08 Å². The van der Waals surface area contributed by atoms with E-state index in [1.54, 1.807) is 29.2 Å². The van der Waals surface area contributed by atoms with Crippen LogP contribution < -0.4 is 11.5 Å². The maximum Gasteiger partial charge on any atom is 0.246 e. The summed E-state index contributed by atoms with van der Waals surface area (Å²) in [6.07, 6.45) is 3.08. The first-order valence-electron chi connectivity index (χ1n) is 8.76. The van der Waals surface area contributed by atoms with Crippen LogP contribution in [0.2, 0.25) is 0 Å². The second-order valence-electron chi connectivity index (χ2n) is 6.70. The highest BCUT2D eigenvalue weighted by Crippen LogP contribution is 2.29. The van der Waals surface area contributed by atoms with Crippen LogP contribution in [0.1, 0.15) is 22.9 Å². The van der Waals surface area contributed by atoms with E-state index in [2.05, 4.69) is 16.5 Å². The normalized spacial score (nSPS) is 18.5. The number of nitrogens with zero attached hydrogens (tertiary/aromatic N) is 2. The van der Waals surface area contributed by atoms with Gasteiger partial charge < -0.3 is 26.5 Å². The Morgan fingerprint density at radius 3 is 2.81 bits per heavy atom. The lowest BCUT2D eigenvalue weighted by Gasteiger charge is -2.38. The second kappa shape index (κ2) is 7.59. The number of hydrogen-bond acceptors (Lipinski definition) is 5. The molecule has 0 saturated carbocycles. The van der Waals surface area contributed by atoms with Crippen LogP contribution in [0, 0.1) is 0 Å². The predicted octanol–water partition coefficient (Wildman–Crippen LogP) is 1.76. The van der Waals surface area contributed by atoms with E-state index in [0.29, 0.717) is 30.2 Å². The number of carbonyl (C=O) groups is 1. The third-order valence-corrected chi connectivity index (χ3v) is 4.92. The van der Waals surface area contributed by atoms with Gasteiger partial charge in [-0.25, -0.2) is 0 Å². The highest BCUT2D eigenvalue weighted by atomic mass is 16.3. The van der Waals surface area contributed by atoms with Crippen LogP contribution in [0.4, 0.5) is 5.82 Å². The fourth-order valence-electron chi connectivity index (χ4n) is 3.31. The van der Waals surface area contributed by atoms with E-state index in [9.17, 15) is 9.90 Å². The number of aromatic amines is 1. The summed E-state index contributed by atoms with van der Waals surface area (Å²) in [6, 6.07) is 8.82. The molecule has 1 aliphatic heterocycles. The molecule has 1 fully saturated rings. The number of H-pyrrole nitrogens is 1. The van der Waals surface area contributed by atoms with E-state index < -0.39 is 0 Å². The number of nitrogens with two attached hydrogens (primary N) is 2. The average molecular weight is 367 g/mol. The second-order valence-corrected chi connectivity index (χ2v) is 6.70. The van der Waals surface area contributed by atoms with Crippen molar-refractivity contribution in [3.63, 3.8) is 0 Å². The van der Waals surface area contributed by atoms with Gasteiger partial charge in [-0.05, 0) is 37.4 Å². The first-order chi connectivity index (χ1) is 12.9. The molecule has 0 bridgehead atoms. The van der Waals surface area contributed by atoms with Crippen molar-refractivity contribution in [1.82, 2.24) is 14.8 Å². The summed E-state index contributed by atoms with van der Waals surface area (Å²) in [5, 5.41) is 9.96. The number of aromatic nitrogens is 1. The first-order valence-corrected chi connectivity index (χ1v) is 8.76. The Bertz CT molecular complexity index is 886. The van der Waals surface area contributed by atoms with Crippen molar-refractivity contribution in [3.05, 3.63) is 59.8 Å². The van der Waals surface area contributed by atoms with Gasteiger partial charge in [0.05, 0.1) is 6.04 Å². The Balaban J connectivity index is 1.87. The molecule has 1 amide bonds. The molecule has 2 aromatic rings. The lowest BCUT2D eigenvalue weighted by molar-refractivity contribution is -0.128. The summed E-state index contributed by atoms with van der Waals surface area (Å²) < 4.78 is 0. The number of aromatic hydroxyl groups is 1. The number of carbonyl (C=O) groups excluding carboxylic acids is 1. The van der Waals surface area contributed by atoms with Gasteiger partial charge in [0.25, 0.3) is 0 Å². The molecule has 0 radical (unpaired) electrons. The first kappa shape index (κ1) is 18.6. The number of nitrogens with one attached hydrogen (secondary N) is 1. The van der Waals surface area contributed by atoms with Gasteiger partial charge in [0.15, 0.2) is 0 Å². The van der Waals surface area contributed by atoms with Gasteiger partial charge in [0, 0.05) is 42.2 Å². The molecule has 0 spiro atoms. The molecule has 1 atom stereocenters. The summed E-state index contributed by atoms with van der Waals surface area (Å²) in [6.45, 7) is 5.55. The fourth-order valence-corrected chi connectivity index (χ4v) is 3.31. The fraction of sp³-hybridized carbons (Fsp3) is 0.250. The number of para-hydroxylation sites is 1. The Labute approximate surface area is 158 Å². The van der Waals surface area contributed by atoms with Gasteiger partial charge in [0.2, 0.25) is 5.91 Å². The Hall–Kier alpha value is -3.19. The zero-order chi connectivity index (χ0) is 19.6. The van der Waals surface area contributed by atoms with E-state index in [-0.39, 0.29) is 17.7 Å². The molecule has 1 aliphatic rings. The summed E-state index contributed by atoms with van der Waals surface area (Å²) in [5.74, 6) is 0.534. The van der Waals surface area contributed by atoms with Crippen molar-refractivity contribution in [1.29, 1.82) is 0 Å². The third kappa shape index (κ3) is 3.83. The molecule has 142 valence electrons. The van der Waals surface area contributed by atoms with Crippen LogP contribution in [0.15, 0.2) is 43.0 Å². The number of phenols is 1. The standard InChI is InChI=1S/C20H25N5O2/c1-3-19(27)25-9-8-24(2)17(12-25)16-11-13(20(22)23-16)10-15(21)14-6-4-5-7-18(14)26/h3-7,10-11,17,23,26H,1,8-9,12,21-22H2,2H3/b15-10-. The molecule has 1 saturated heterocycles.